The quantitative estimate of drug-likeness (QED) is 0.820. The third-order valence-electron chi connectivity index (χ3n) is 4.00. The number of benzene rings is 2. The maximum atomic E-state index is 5.84. The van der Waals surface area contributed by atoms with Crippen LogP contribution in [0.4, 0.5) is 0 Å². The SMILES string of the molecule is c1ccc2cc(OCCCNN3CCCCC3)ccc2c1. The van der Waals surface area contributed by atoms with E-state index in [9.17, 15) is 0 Å². The zero-order valence-electron chi connectivity index (χ0n) is 12.6. The van der Waals surface area contributed by atoms with Crippen molar-refractivity contribution in [3.63, 3.8) is 0 Å². The minimum atomic E-state index is 0.763. The number of nitrogens with one attached hydrogen (secondary N) is 1. The van der Waals surface area contributed by atoms with Crippen LogP contribution in [0.3, 0.4) is 0 Å². The first-order valence-electron chi connectivity index (χ1n) is 8.02. The normalized spacial score (nSPS) is 16.2. The van der Waals surface area contributed by atoms with Gasteiger partial charge in [0.25, 0.3) is 0 Å². The lowest BCUT2D eigenvalue weighted by Crippen LogP contribution is -2.42. The summed E-state index contributed by atoms with van der Waals surface area (Å²) < 4.78 is 5.84. The Morgan fingerprint density at radius 1 is 0.952 bits per heavy atom. The highest BCUT2D eigenvalue weighted by Crippen LogP contribution is 2.20. The first-order valence-corrected chi connectivity index (χ1v) is 8.02. The molecule has 0 amide bonds. The van der Waals surface area contributed by atoms with E-state index in [1.807, 2.05) is 0 Å². The van der Waals surface area contributed by atoms with Gasteiger partial charge in [-0.3, -0.25) is 5.43 Å². The van der Waals surface area contributed by atoms with Gasteiger partial charge in [-0.15, -0.1) is 0 Å². The van der Waals surface area contributed by atoms with E-state index in [2.05, 4.69) is 52.9 Å². The molecule has 21 heavy (non-hydrogen) atoms. The summed E-state index contributed by atoms with van der Waals surface area (Å²) in [5.41, 5.74) is 3.49. The molecule has 0 bridgehead atoms. The van der Waals surface area contributed by atoms with Gasteiger partial charge in [0.05, 0.1) is 6.61 Å². The molecule has 0 atom stereocenters. The van der Waals surface area contributed by atoms with Crippen molar-refractivity contribution >= 4 is 10.8 Å². The second kappa shape index (κ2) is 7.43. The van der Waals surface area contributed by atoms with E-state index in [-0.39, 0.29) is 0 Å². The van der Waals surface area contributed by atoms with Crippen molar-refractivity contribution < 1.29 is 4.74 Å². The van der Waals surface area contributed by atoms with Crippen molar-refractivity contribution in [2.24, 2.45) is 0 Å². The van der Waals surface area contributed by atoms with Gasteiger partial charge in [-0.05, 0) is 42.2 Å². The van der Waals surface area contributed by atoms with Crippen molar-refractivity contribution in [2.75, 3.05) is 26.2 Å². The number of hydrazine groups is 1. The van der Waals surface area contributed by atoms with Crippen molar-refractivity contribution in [2.45, 2.75) is 25.7 Å². The molecule has 1 aliphatic heterocycles. The molecule has 0 aromatic heterocycles. The summed E-state index contributed by atoms with van der Waals surface area (Å²) in [4.78, 5) is 0. The largest absolute Gasteiger partial charge is 0.494 e. The van der Waals surface area contributed by atoms with E-state index in [0.717, 1.165) is 25.3 Å². The molecule has 2 aromatic carbocycles. The standard InChI is InChI=1S/C18H24N2O/c1-4-12-20(13-5-1)19-11-6-14-21-18-10-9-16-7-2-3-8-17(16)15-18/h2-3,7-10,15,19H,1,4-6,11-14H2. The van der Waals surface area contributed by atoms with E-state index in [1.54, 1.807) is 0 Å². The Hall–Kier alpha value is -1.58. The minimum Gasteiger partial charge on any atom is -0.494 e. The third kappa shape index (κ3) is 4.19. The monoisotopic (exact) mass is 284 g/mol. The molecule has 0 radical (unpaired) electrons. The molecule has 3 nitrogen and oxygen atoms in total. The molecule has 3 heteroatoms. The molecule has 1 heterocycles. The van der Waals surface area contributed by atoms with Gasteiger partial charge in [0.15, 0.2) is 0 Å². The van der Waals surface area contributed by atoms with Crippen LogP contribution < -0.4 is 10.2 Å². The predicted molar refractivity (Wildman–Crippen MR) is 87.5 cm³/mol. The van der Waals surface area contributed by atoms with Crippen LogP contribution in [0.1, 0.15) is 25.7 Å². The molecule has 0 unspecified atom stereocenters. The first kappa shape index (κ1) is 14.4. The second-order valence-electron chi connectivity index (χ2n) is 5.67. The van der Waals surface area contributed by atoms with Crippen LogP contribution >= 0.6 is 0 Å². The Morgan fingerprint density at radius 3 is 2.62 bits per heavy atom. The summed E-state index contributed by atoms with van der Waals surface area (Å²) >= 11 is 0. The van der Waals surface area contributed by atoms with Gasteiger partial charge in [-0.25, -0.2) is 5.01 Å². The van der Waals surface area contributed by atoms with E-state index >= 15 is 0 Å². The Balaban J connectivity index is 1.39. The highest BCUT2D eigenvalue weighted by atomic mass is 16.5. The molecular formula is C18H24N2O. The molecule has 1 N–H and O–H groups in total. The zero-order valence-corrected chi connectivity index (χ0v) is 12.6. The summed E-state index contributed by atoms with van der Waals surface area (Å²) in [5.74, 6) is 0.965. The van der Waals surface area contributed by atoms with Crippen LogP contribution in [-0.2, 0) is 0 Å². The molecule has 1 saturated heterocycles. The van der Waals surface area contributed by atoms with Crippen LogP contribution in [0.5, 0.6) is 5.75 Å². The van der Waals surface area contributed by atoms with Crippen LogP contribution in [0, 0.1) is 0 Å². The Labute approximate surface area is 126 Å². The number of hydrogen-bond acceptors (Lipinski definition) is 3. The smallest absolute Gasteiger partial charge is 0.119 e. The van der Waals surface area contributed by atoms with Crippen LogP contribution in [0.15, 0.2) is 42.5 Å². The van der Waals surface area contributed by atoms with Crippen molar-refractivity contribution in [3.8, 4) is 5.75 Å². The minimum absolute atomic E-state index is 0.763. The van der Waals surface area contributed by atoms with E-state index in [0.29, 0.717) is 0 Å². The maximum absolute atomic E-state index is 5.84. The number of nitrogens with zero attached hydrogens (tertiary/aromatic N) is 1. The summed E-state index contributed by atoms with van der Waals surface area (Å²) in [7, 11) is 0. The second-order valence-corrected chi connectivity index (χ2v) is 5.67. The number of hydrogen-bond donors (Lipinski definition) is 1. The molecule has 3 rings (SSSR count). The Morgan fingerprint density at radius 2 is 1.76 bits per heavy atom. The molecule has 2 aromatic rings. The molecule has 0 saturated carbocycles. The highest BCUT2D eigenvalue weighted by molar-refractivity contribution is 5.83. The number of rotatable bonds is 6. The number of ether oxygens (including phenoxy) is 1. The van der Waals surface area contributed by atoms with E-state index in [1.165, 1.54) is 43.1 Å². The third-order valence-corrected chi connectivity index (χ3v) is 4.00. The fourth-order valence-electron chi connectivity index (χ4n) is 2.81. The lowest BCUT2D eigenvalue weighted by molar-refractivity contribution is 0.149. The summed E-state index contributed by atoms with van der Waals surface area (Å²) in [6, 6.07) is 14.7. The van der Waals surface area contributed by atoms with Crippen molar-refractivity contribution in [1.82, 2.24) is 10.4 Å². The fourth-order valence-corrected chi connectivity index (χ4v) is 2.81. The van der Waals surface area contributed by atoms with Gasteiger partial charge >= 0.3 is 0 Å². The van der Waals surface area contributed by atoms with E-state index in [4.69, 9.17) is 4.74 Å². The average Bonchev–Trinajstić information content (AvgIpc) is 2.55. The van der Waals surface area contributed by atoms with Crippen molar-refractivity contribution in [3.05, 3.63) is 42.5 Å². The van der Waals surface area contributed by atoms with Gasteiger partial charge in [-0.2, -0.15) is 0 Å². The molecule has 1 aliphatic rings. The van der Waals surface area contributed by atoms with Gasteiger partial charge < -0.3 is 4.74 Å². The topological polar surface area (TPSA) is 24.5 Å². The van der Waals surface area contributed by atoms with Gasteiger partial charge in [0.1, 0.15) is 5.75 Å². The Kier molecular flexibility index (Phi) is 5.08. The van der Waals surface area contributed by atoms with E-state index < -0.39 is 0 Å². The molecular weight excluding hydrogens is 260 g/mol. The van der Waals surface area contributed by atoms with Crippen LogP contribution in [0.25, 0.3) is 10.8 Å². The fraction of sp³-hybridized carbons (Fsp3) is 0.444. The zero-order chi connectivity index (χ0) is 14.3. The lowest BCUT2D eigenvalue weighted by atomic mass is 10.1. The number of piperidine rings is 1. The average molecular weight is 284 g/mol. The van der Waals surface area contributed by atoms with Crippen LogP contribution in [-0.4, -0.2) is 31.3 Å². The predicted octanol–water partition coefficient (Wildman–Crippen LogP) is 3.60. The summed E-state index contributed by atoms with van der Waals surface area (Å²) in [6.45, 7) is 4.13. The first-order chi connectivity index (χ1) is 10.4. The van der Waals surface area contributed by atoms with Gasteiger partial charge in [0.2, 0.25) is 0 Å². The summed E-state index contributed by atoms with van der Waals surface area (Å²) in [6.07, 6.45) is 5.05. The Bertz CT molecular complexity index is 564. The molecule has 112 valence electrons. The van der Waals surface area contributed by atoms with Gasteiger partial charge in [-0.1, -0.05) is 36.8 Å². The number of fused-ring (bicyclic) bond motifs is 1. The lowest BCUT2D eigenvalue weighted by Gasteiger charge is -2.27. The highest BCUT2D eigenvalue weighted by Gasteiger charge is 2.08. The molecule has 1 fully saturated rings. The molecule has 0 aliphatic carbocycles. The van der Waals surface area contributed by atoms with Gasteiger partial charge in [0, 0.05) is 19.6 Å². The van der Waals surface area contributed by atoms with Crippen molar-refractivity contribution in [1.29, 1.82) is 0 Å². The summed E-state index contributed by atoms with van der Waals surface area (Å²) in [5, 5.41) is 4.84. The van der Waals surface area contributed by atoms with Crippen LogP contribution in [0.2, 0.25) is 0 Å². The maximum Gasteiger partial charge on any atom is 0.119 e. The molecule has 0 spiro atoms.